The molecule has 1 N–H and O–H groups in total. The number of hydrogen-bond donors (Lipinski definition) is 1. The molecule has 0 spiro atoms. The van der Waals surface area contributed by atoms with E-state index < -0.39 is 0 Å². The van der Waals surface area contributed by atoms with Gasteiger partial charge in [0.1, 0.15) is 6.33 Å². The van der Waals surface area contributed by atoms with Crippen molar-refractivity contribution in [2.45, 2.75) is 19.4 Å². The van der Waals surface area contributed by atoms with Crippen molar-refractivity contribution in [3.05, 3.63) is 33.9 Å². The van der Waals surface area contributed by atoms with Gasteiger partial charge in [0.05, 0.1) is 13.2 Å². The van der Waals surface area contributed by atoms with E-state index in [4.69, 9.17) is 16.3 Å². The molecule has 0 aliphatic carbocycles. The fourth-order valence-electron chi connectivity index (χ4n) is 1.66. The van der Waals surface area contributed by atoms with Crippen molar-refractivity contribution in [1.82, 2.24) is 9.97 Å². The van der Waals surface area contributed by atoms with Crippen LogP contribution in [-0.4, -0.2) is 17.1 Å². The third kappa shape index (κ3) is 2.73. The van der Waals surface area contributed by atoms with Crippen molar-refractivity contribution in [3.8, 4) is 5.75 Å². The largest absolute Gasteiger partial charge is 0.490 e. The first-order valence-corrected chi connectivity index (χ1v) is 6.86. The molecule has 0 fully saturated rings. The van der Waals surface area contributed by atoms with Gasteiger partial charge in [-0.1, -0.05) is 24.6 Å². The van der Waals surface area contributed by atoms with Crippen molar-refractivity contribution >= 4 is 28.8 Å². The van der Waals surface area contributed by atoms with Gasteiger partial charge in [-0.25, -0.2) is 9.97 Å². The lowest BCUT2D eigenvalue weighted by molar-refractivity contribution is 0.412. The number of aromatic nitrogens is 2. The average Bonchev–Trinajstić information content (AvgIpc) is 2.89. The molecule has 18 heavy (non-hydrogen) atoms. The number of thiophene rings is 1. The third-order valence-corrected chi connectivity index (χ3v) is 3.83. The Kier molecular flexibility index (Phi) is 4.38. The minimum absolute atomic E-state index is 0.199. The topological polar surface area (TPSA) is 47.0 Å². The first-order valence-electron chi connectivity index (χ1n) is 5.60. The van der Waals surface area contributed by atoms with Crippen LogP contribution in [0.25, 0.3) is 0 Å². The van der Waals surface area contributed by atoms with Gasteiger partial charge in [-0.2, -0.15) is 0 Å². The van der Waals surface area contributed by atoms with Crippen molar-refractivity contribution < 1.29 is 4.74 Å². The molecule has 0 saturated carbocycles. The molecule has 0 aromatic carbocycles. The smallest absolute Gasteiger partial charge is 0.198 e. The van der Waals surface area contributed by atoms with Crippen LogP contribution >= 0.6 is 22.9 Å². The van der Waals surface area contributed by atoms with Crippen molar-refractivity contribution in [2.75, 3.05) is 12.4 Å². The molecule has 0 amide bonds. The standard InChI is InChI=1S/C12H14ClN3OS/c1-3-8(9-5-4-6-18-9)16-12-10(17-2)11(13)14-7-15-12/h4-8H,3H2,1-2H3,(H,14,15,16). The lowest BCUT2D eigenvalue weighted by Crippen LogP contribution is -2.10. The molecule has 96 valence electrons. The van der Waals surface area contributed by atoms with Crippen LogP contribution in [0.4, 0.5) is 5.82 Å². The minimum Gasteiger partial charge on any atom is -0.490 e. The zero-order chi connectivity index (χ0) is 13.0. The molecule has 0 aliphatic rings. The first kappa shape index (κ1) is 13.1. The Bertz CT molecular complexity index is 504. The number of hydrogen-bond acceptors (Lipinski definition) is 5. The number of nitrogens with one attached hydrogen (secondary N) is 1. The highest BCUT2D eigenvalue weighted by Gasteiger charge is 2.16. The molecule has 0 saturated heterocycles. The van der Waals surface area contributed by atoms with Gasteiger partial charge in [-0.15, -0.1) is 11.3 Å². The van der Waals surface area contributed by atoms with Crippen LogP contribution < -0.4 is 10.1 Å². The second kappa shape index (κ2) is 6.02. The van der Waals surface area contributed by atoms with E-state index in [0.717, 1.165) is 6.42 Å². The van der Waals surface area contributed by atoms with Crippen LogP contribution in [-0.2, 0) is 0 Å². The summed E-state index contributed by atoms with van der Waals surface area (Å²) in [5, 5.41) is 5.72. The molecule has 2 heterocycles. The van der Waals surface area contributed by atoms with E-state index in [1.165, 1.54) is 11.2 Å². The zero-order valence-corrected chi connectivity index (χ0v) is 11.8. The van der Waals surface area contributed by atoms with Crippen LogP contribution in [0, 0.1) is 0 Å². The highest BCUT2D eigenvalue weighted by Crippen LogP contribution is 2.33. The van der Waals surface area contributed by atoms with Gasteiger partial charge >= 0.3 is 0 Å². The molecule has 0 aliphatic heterocycles. The van der Waals surface area contributed by atoms with Gasteiger partial charge < -0.3 is 10.1 Å². The van der Waals surface area contributed by atoms with Crippen LogP contribution in [0.2, 0.25) is 5.15 Å². The van der Waals surface area contributed by atoms with Crippen LogP contribution in [0.3, 0.4) is 0 Å². The Morgan fingerprint density at radius 2 is 2.33 bits per heavy atom. The molecule has 2 aromatic heterocycles. The zero-order valence-electron chi connectivity index (χ0n) is 10.2. The summed E-state index contributed by atoms with van der Waals surface area (Å²) in [7, 11) is 1.56. The summed E-state index contributed by atoms with van der Waals surface area (Å²) in [4.78, 5) is 9.34. The molecule has 0 radical (unpaired) electrons. The maximum absolute atomic E-state index is 5.97. The molecular formula is C12H14ClN3OS. The lowest BCUT2D eigenvalue weighted by atomic mass is 10.2. The van der Waals surface area contributed by atoms with Crippen molar-refractivity contribution in [1.29, 1.82) is 0 Å². The Morgan fingerprint density at radius 3 is 2.94 bits per heavy atom. The fraction of sp³-hybridized carbons (Fsp3) is 0.333. The normalized spacial score (nSPS) is 12.2. The van der Waals surface area contributed by atoms with Gasteiger partial charge in [-0.05, 0) is 17.9 Å². The van der Waals surface area contributed by atoms with E-state index in [9.17, 15) is 0 Å². The summed E-state index contributed by atoms with van der Waals surface area (Å²) in [6, 6.07) is 4.33. The van der Waals surface area contributed by atoms with E-state index in [-0.39, 0.29) is 6.04 Å². The second-order valence-corrected chi connectivity index (χ2v) is 5.00. The Balaban J connectivity index is 2.25. The van der Waals surface area contributed by atoms with E-state index in [0.29, 0.717) is 16.7 Å². The van der Waals surface area contributed by atoms with Gasteiger partial charge in [0.2, 0.25) is 0 Å². The van der Waals surface area contributed by atoms with Crippen LogP contribution in [0.5, 0.6) is 5.75 Å². The summed E-state index contributed by atoms with van der Waals surface area (Å²) < 4.78 is 5.22. The van der Waals surface area contributed by atoms with E-state index in [1.807, 2.05) is 6.07 Å². The summed E-state index contributed by atoms with van der Waals surface area (Å²) in [6.45, 7) is 2.12. The highest BCUT2D eigenvalue weighted by atomic mass is 35.5. The number of rotatable bonds is 5. The van der Waals surface area contributed by atoms with Crippen LogP contribution in [0.1, 0.15) is 24.3 Å². The summed E-state index contributed by atoms with van der Waals surface area (Å²) >= 11 is 7.68. The average molecular weight is 284 g/mol. The number of halogens is 1. The predicted octanol–water partition coefficient (Wildman–Crippen LogP) is 3.76. The highest BCUT2D eigenvalue weighted by molar-refractivity contribution is 7.10. The Morgan fingerprint density at radius 1 is 1.50 bits per heavy atom. The van der Waals surface area contributed by atoms with Crippen LogP contribution in [0.15, 0.2) is 23.8 Å². The summed E-state index contributed by atoms with van der Waals surface area (Å²) in [5.41, 5.74) is 0. The SMILES string of the molecule is CCC(Nc1ncnc(Cl)c1OC)c1cccs1. The number of anilines is 1. The Hall–Kier alpha value is -1.33. The number of methoxy groups -OCH3 is 1. The van der Waals surface area contributed by atoms with Gasteiger partial charge in [0, 0.05) is 4.88 Å². The third-order valence-electron chi connectivity index (χ3n) is 2.57. The lowest BCUT2D eigenvalue weighted by Gasteiger charge is -2.18. The van der Waals surface area contributed by atoms with Crippen molar-refractivity contribution in [3.63, 3.8) is 0 Å². The van der Waals surface area contributed by atoms with E-state index >= 15 is 0 Å². The molecule has 2 rings (SSSR count). The molecule has 1 unspecified atom stereocenters. The van der Waals surface area contributed by atoms with E-state index in [1.54, 1.807) is 18.4 Å². The fourth-order valence-corrected chi connectivity index (χ4v) is 2.74. The van der Waals surface area contributed by atoms with Gasteiger partial charge in [-0.3, -0.25) is 0 Å². The molecule has 1 atom stereocenters. The minimum atomic E-state index is 0.199. The molecule has 4 nitrogen and oxygen atoms in total. The molecule has 6 heteroatoms. The first-order chi connectivity index (χ1) is 8.76. The number of ether oxygens (including phenoxy) is 1. The molecule has 2 aromatic rings. The van der Waals surface area contributed by atoms with Crippen molar-refractivity contribution in [2.24, 2.45) is 0 Å². The maximum atomic E-state index is 5.97. The van der Waals surface area contributed by atoms with Gasteiger partial charge in [0.15, 0.2) is 16.7 Å². The monoisotopic (exact) mass is 283 g/mol. The molecular weight excluding hydrogens is 270 g/mol. The maximum Gasteiger partial charge on any atom is 0.198 e. The Labute approximate surface area is 115 Å². The summed E-state index contributed by atoms with van der Waals surface area (Å²) in [5.74, 6) is 1.10. The summed E-state index contributed by atoms with van der Waals surface area (Å²) in [6.07, 6.45) is 2.37. The predicted molar refractivity (Wildman–Crippen MR) is 74.6 cm³/mol. The second-order valence-electron chi connectivity index (χ2n) is 3.67. The van der Waals surface area contributed by atoms with Gasteiger partial charge in [0.25, 0.3) is 0 Å². The molecule has 0 bridgehead atoms. The number of nitrogens with zero attached hydrogens (tertiary/aromatic N) is 2. The van der Waals surface area contributed by atoms with E-state index in [2.05, 4.69) is 33.7 Å². The quantitative estimate of drug-likeness (QED) is 0.849.